The molecule has 118 valence electrons. The number of carbonyl (C=O) groups is 1. The second kappa shape index (κ2) is 7.26. The standard InChI is InChI=1S/C15H23FN2O3/c1-15(2,3)21-14(19)18-9-11(8-17)10-5-6-13(20-4)12(16)7-10/h5-7,11H,8-9,17H2,1-4H3,(H,18,19). The lowest BCUT2D eigenvalue weighted by atomic mass is 9.99. The molecule has 1 unspecified atom stereocenters. The fourth-order valence-corrected chi connectivity index (χ4v) is 1.79. The molecule has 1 atom stereocenters. The van der Waals surface area contributed by atoms with E-state index in [1.54, 1.807) is 32.9 Å². The summed E-state index contributed by atoms with van der Waals surface area (Å²) in [4.78, 5) is 11.6. The maximum atomic E-state index is 13.7. The minimum absolute atomic E-state index is 0.176. The zero-order valence-corrected chi connectivity index (χ0v) is 12.9. The SMILES string of the molecule is COc1ccc(C(CN)CNC(=O)OC(C)(C)C)cc1F. The van der Waals surface area contributed by atoms with E-state index < -0.39 is 17.5 Å². The summed E-state index contributed by atoms with van der Waals surface area (Å²) in [5, 5.41) is 2.64. The Morgan fingerprint density at radius 2 is 2.10 bits per heavy atom. The summed E-state index contributed by atoms with van der Waals surface area (Å²) in [6.07, 6.45) is -0.519. The molecule has 5 nitrogen and oxygen atoms in total. The molecule has 0 aliphatic carbocycles. The van der Waals surface area contributed by atoms with Crippen LogP contribution >= 0.6 is 0 Å². The summed E-state index contributed by atoms with van der Waals surface area (Å²) in [7, 11) is 1.41. The molecule has 0 aliphatic heterocycles. The smallest absolute Gasteiger partial charge is 0.407 e. The van der Waals surface area contributed by atoms with E-state index in [9.17, 15) is 9.18 Å². The number of hydrogen-bond acceptors (Lipinski definition) is 4. The van der Waals surface area contributed by atoms with Crippen molar-refractivity contribution in [2.75, 3.05) is 20.2 Å². The van der Waals surface area contributed by atoms with E-state index in [1.807, 2.05) is 0 Å². The molecule has 1 amide bonds. The molecular weight excluding hydrogens is 275 g/mol. The molecule has 0 saturated heterocycles. The molecule has 21 heavy (non-hydrogen) atoms. The second-order valence-electron chi connectivity index (χ2n) is 5.71. The topological polar surface area (TPSA) is 73.6 Å². The van der Waals surface area contributed by atoms with E-state index in [-0.39, 0.29) is 24.8 Å². The van der Waals surface area contributed by atoms with Crippen molar-refractivity contribution in [3.8, 4) is 5.75 Å². The van der Waals surface area contributed by atoms with Crippen molar-refractivity contribution >= 4 is 6.09 Å². The lowest BCUT2D eigenvalue weighted by Crippen LogP contribution is -2.36. The Hall–Kier alpha value is -1.82. The van der Waals surface area contributed by atoms with Gasteiger partial charge in [0, 0.05) is 19.0 Å². The summed E-state index contributed by atoms with van der Waals surface area (Å²) < 4.78 is 23.7. The fraction of sp³-hybridized carbons (Fsp3) is 0.533. The predicted molar refractivity (Wildman–Crippen MR) is 79.0 cm³/mol. The van der Waals surface area contributed by atoms with Crippen LogP contribution in [0.3, 0.4) is 0 Å². The highest BCUT2D eigenvalue weighted by molar-refractivity contribution is 5.67. The Morgan fingerprint density at radius 1 is 1.43 bits per heavy atom. The number of amides is 1. The van der Waals surface area contributed by atoms with Crippen LogP contribution in [-0.4, -0.2) is 31.9 Å². The summed E-state index contributed by atoms with van der Waals surface area (Å²) in [6, 6.07) is 4.64. The maximum Gasteiger partial charge on any atom is 0.407 e. The van der Waals surface area contributed by atoms with Crippen molar-refractivity contribution in [3.63, 3.8) is 0 Å². The van der Waals surface area contributed by atoms with Crippen LogP contribution in [0.1, 0.15) is 32.3 Å². The highest BCUT2D eigenvalue weighted by Crippen LogP contribution is 2.22. The van der Waals surface area contributed by atoms with Gasteiger partial charge in [-0.2, -0.15) is 0 Å². The lowest BCUT2D eigenvalue weighted by Gasteiger charge is -2.21. The quantitative estimate of drug-likeness (QED) is 0.875. The Bertz CT molecular complexity index is 486. The van der Waals surface area contributed by atoms with Gasteiger partial charge in [0.05, 0.1) is 7.11 Å². The highest BCUT2D eigenvalue weighted by atomic mass is 19.1. The molecule has 0 heterocycles. The molecule has 0 aliphatic rings. The van der Waals surface area contributed by atoms with Crippen molar-refractivity contribution < 1.29 is 18.7 Å². The van der Waals surface area contributed by atoms with Gasteiger partial charge < -0.3 is 20.5 Å². The predicted octanol–water partition coefficient (Wildman–Crippen LogP) is 2.40. The first-order chi connectivity index (χ1) is 9.76. The zero-order valence-electron chi connectivity index (χ0n) is 12.9. The number of hydrogen-bond donors (Lipinski definition) is 2. The van der Waals surface area contributed by atoms with Gasteiger partial charge in [-0.05, 0) is 38.5 Å². The Balaban J connectivity index is 2.67. The van der Waals surface area contributed by atoms with Crippen LogP contribution in [0.4, 0.5) is 9.18 Å². The molecule has 1 aromatic carbocycles. The van der Waals surface area contributed by atoms with Crippen molar-refractivity contribution in [2.24, 2.45) is 5.73 Å². The molecule has 0 bridgehead atoms. The first kappa shape index (κ1) is 17.2. The van der Waals surface area contributed by atoms with E-state index in [0.29, 0.717) is 5.56 Å². The third kappa shape index (κ3) is 5.59. The first-order valence-electron chi connectivity index (χ1n) is 6.77. The molecule has 0 fully saturated rings. The third-order valence-electron chi connectivity index (χ3n) is 2.82. The number of methoxy groups -OCH3 is 1. The minimum atomic E-state index is -0.561. The van der Waals surface area contributed by atoms with Crippen LogP contribution in [0.25, 0.3) is 0 Å². The van der Waals surface area contributed by atoms with Crippen LogP contribution < -0.4 is 15.8 Å². The van der Waals surface area contributed by atoms with Gasteiger partial charge in [0.25, 0.3) is 0 Å². The molecular formula is C15H23FN2O3. The number of halogens is 1. The number of carbonyl (C=O) groups excluding carboxylic acids is 1. The van der Waals surface area contributed by atoms with Crippen LogP contribution in [0.15, 0.2) is 18.2 Å². The van der Waals surface area contributed by atoms with Gasteiger partial charge in [-0.3, -0.25) is 0 Å². The van der Waals surface area contributed by atoms with Gasteiger partial charge in [0.2, 0.25) is 0 Å². The van der Waals surface area contributed by atoms with Gasteiger partial charge in [-0.25, -0.2) is 9.18 Å². The molecule has 6 heteroatoms. The molecule has 0 aromatic heterocycles. The van der Waals surface area contributed by atoms with Crippen molar-refractivity contribution in [1.29, 1.82) is 0 Å². The molecule has 0 spiro atoms. The van der Waals surface area contributed by atoms with Crippen molar-refractivity contribution in [2.45, 2.75) is 32.3 Å². The number of nitrogens with two attached hydrogens (primary N) is 1. The average Bonchev–Trinajstić information content (AvgIpc) is 2.37. The first-order valence-corrected chi connectivity index (χ1v) is 6.77. The summed E-state index contributed by atoms with van der Waals surface area (Å²) >= 11 is 0. The maximum absolute atomic E-state index is 13.7. The average molecular weight is 298 g/mol. The number of ether oxygens (including phenoxy) is 2. The largest absolute Gasteiger partial charge is 0.494 e. The van der Waals surface area contributed by atoms with Crippen LogP contribution in [0.5, 0.6) is 5.75 Å². The van der Waals surface area contributed by atoms with Gasteiger partial charge >= 0.3 is 6.09 Å². The monoisotopic (exact) mass is 298 g/mol. The zero-order chi connectivity index (χ0) is 16.0. The van der Waals surface area contributed by atoms with Crippen molar-refractivity contribution in [1.82, 2.24) is 5.32 Å². The van der Waals surface area contributed by atoms with Gasteiger partial charge in [0.15, 0.2) is 11.6 Å². The fourth-order valence-electron chi connectivity index (χ4n) is 1.79. The van der Waals surface area contributed by atoms with Crippen molar-refractivity contribution in [3.05, 3.63) is 29.6 Å². The Labute approximate surface area is 124 Å². The molecule has 3 N–H and O–H groups in total. The lowest BCUT2D eigenvalue weighted by molar-refractivity contribution is 0.0525. The van der Waals surface area contributed by atoms with E-state index >= 15 is 0 Å². The molecule has 0 saturated carbocycles. The second-order valence-corrected chi connectivity index (χ2v) is 5.71. The summed E-state index contributed by atoms with van der Waals surface area (Å²) in [5.41, 5.74) is 5.83. The Morgan fingerprint density at radius 3 is 2.57 bits per heavy atom. The minimum Gasteiger partial charge on any atom is -0.494 e. The highest BCUT2D eigenvalue weighted by Gasteiger charge is 2.18. The van der Waals surface area contributed by atoms with E-state index in [1.165, 1.54) is 13.2 Å². The van der Waals surface area contributed by atoms with Gasteiger partial charge in [-0.15, -0.1) is 0 Å². The van der Waals surface area contributed by atoms with Crippen LogP contribution in [0.2, 0.25) is 0 Å². The van der Waals surface area contributed by atoms with Gasteiger partial charge in [-0.1, -0.05) is 6.07 Å². The number of nitrogens with one attached hydrogen (secondary N) is 1. The summed E-state index contributed by atoms with van der Waals surface area (Å²) in [6.45, 7) is 5.91. The van der Waals surface area contributed by atoms with Crippen LogP contribution in [0, 0.1) is 5.82 Å². The molecule has 1 rings (SSSR count). The van der Waals surface area contributed by atoms with E-state index in [0.717, 1.165) is 0 Å². The Kier molecular flexibility index (Phi) is 5.96. The summed E-state index contributed by atoms with van der Waals surface area (Å²) in [5.74, 6) is -0.474. The molecule has 0 radical (unpaired) electrons. The number of benzene rings is 1. The third-order valence-corrected chi connectivity index (χ3v) is 2.82. The van der Waals surface area contributed by atoms with Gasteiger partial charge in [0.1, 0.15) is 5.60 Å². The molecule has 1 aromatic rings. The van der Waals surface area contributed by atoms with Crippen LogP contribution in [-0.2, 0) is 4.74 Å². The normalized spacial score (nSPS) is 12.7. The number of alkyl carbamates (subject to hydrolysis) is 1. The van der Waals surface area contributed by atoms with E-state index in [2.05, 4.69) is 5.32 Å². The van der Waals surface area contributed by atoms with E-state index in [4.69, 9.17) is 15.2 Å². The number of rotatable bonds is 5.